The van der Waals surface area contributed by atoms with Crippen LogP contribution in [0.3, 0.4) is 0 Å². The van der Waals surface area contributed by atoms with Crippen molar-refractivity contribution in [1.29, 1.82) is 0 Å². The molecule has 98 valence electrons. The van der Waals surface area contributed by atoms with Gasteiger partial charge in [0.25, 0.3) is 5.91 Å². The lowest BCUT2D eigenvalue weighted by atomic mass is 10.1. The van der Waals surface area contributed by atoms with Crippen molar-refractivity contribution >= 4 is 44.8 Å². The average Bonchev–Trinajstić information content (AvgIpc) is 2.36. The first-order chi connectivity index (χ1) is 8.97. The molecule has 0 spiro atoms. The van der Waals surface area contributed by atoms with Gasteiger partial charge in [0.15, 0.2) is 0 Å². The number of pyridine rings is 1. The second-order valence-corrected chi connectivity index (χ2v) is 5.33. The minimum Gasteiger partial charge on any atom is -0.398 e. The van der Waals surface area contributed by atoms with Gasteiger partial charge in [-0.1, -0.05) is 11.6 Å². The highest BCUT2D eigenvalue weighted by Crippen LogP contribution is 2.26. The molecular formula is C13H11BrClN3O. The third-order valence-corrected chi connectivity index (χ3v) is 3.35. The fraction of sp³-hybridized carbons (Fsp3) is 0.0769. The fourth-order valence-electron chi connectivity index (χ4n) is 1.53. The van der Waals surface area contributed by atoms with Gasteiger partial charge < -0.3 is 11.1 Å². The zero-order valence-corrected chi connectivity index (χ0v) is 12.4. The van der Waals surface area contributed by atoms with Gasteiger partial charge in [0.1, 0.15) is 5.69 Å². The number of benzene rings is 1. The van der Waals surface area contributed by atoms with Gasteiger partial charge in [-0.05, 0) is 52.7 Å². The van der Waals surface area contributed by atoms with Crippen molar-refractivity contribution in [2.45, 2.75) is 6.92 Å². The molecule has 1 amide bonds. The number of aromatic nitrogens is 1. The van der Waals surface area contributed by atoms with Crippen molar-refractivity contribution in [2.24, 2.45) is 0 Å². The summed E-state index contributed by atoms with van der Waals surface area (Å²) in [6.45, 7) is 1.84. The number of aryl methyl sites for hydroxylation is 1. The van der Waals surface area contributed by atoms with Crippen molar-refractivity contribution in [2.75, 3.05) is 11.1 Å². The van der Waals surface area contributed by atoms with Crippen LogP contribution in [0.15, 0.2) is 34.9 Å². The second-order valence-electron chi connectivity index (χ2n) is 4.00. The number of halogens is 2. The molecule has 0 aliphatic rings. The molecule has 0 aliphatic heterocycles. The molecule has 0 bridgehead atoms. The lowest BCUT2D eigenvalue weighted by Gasteiger charge is -2.10. The molecule has 2 aromatic rings. The predicted molar refractivity (Wildman–Crippen MR) is 80.5 cm³/mol. The Morgan fingerprint density at radius 1 is 1.42 bits per heavy atom. The first-order valence-electron chi connectivity index (χ1n) is 5.46. The summed E-state index contributed by atoms with van der Waals surface area (Å²) in [5.74, 6) is -0.295. The standard InChI is InChI=1S/C13H11BrClN3O/c1-7-4-10(16)9(15)5-12(7)18-13(19)11-3-2-8(14)6-17-11/h2-6H,16H2,1H3,(H,18,19). The summed E-state index contributed by atoms with van der Waals surface area (Å²) in [4.78, 5) is 16.0. The van der Waals surface area contributed by atoms with E-state index < -0.39 is 0 Å². The topological polar surface area (TPSA) is 68.0 Å². The molecule has 0 saturated heterocycles. The Bertz CT molecular complexity index is 629. The maximum absolute atomic E-state index is 12.0. The Kier molecular flexibility index (Phi) is 4.07. The molecule has 0 saturated carbocycles. The van der Waals surface area contributed by atoms with Crippen LogP contribution in [0.1, 0.15) is 16.1 Å². The molecule has 0 unspecified atom stereocenters. The SMILES string of the molecule is Cc1cc(N)c(Cl)cc1NC(=O)c1ccc(Br)cn1. The normalized spacial score (nSPS) is 10.3. The number of amides is 1. The molecular weight excluding hydrogens is 330 g/mol. The Hall–Kier alpha value is -1.59. The summed E-state index contributed by atoms with van der Waals surface area (Å²) in [6, 6.07) is 6.73. The van der Waals surface area contributed by atoms with E-state index in [1.165, 1.54) is 0 Å². The minimum absolute atomic E-state index is 0.295. The number of nitrogen functional groups attached to an aromatic ring is 1. The van der Waals surface area contributed by atoms with Crippen LogP contribution in [-0.2, 0) is 0 Å². The van der Waals surface area contributed by atoms with Gasteiger partial charge in [-0.15, -0.1) is 0 Å². The highest BCUT2D eigenvalue weighted by Gasteiger charge is 2.10. The predicted octanol–water partition coefficient (Wildman–Crippen LogP) is 3.64. The number of carbonyl (C=O) groups excluding carboxylic acids is 1. The maximum atomic E-state index is 12.0. The van der Waals surface area contributed by atoms with Crippen LogP contribution in [0.25, 0.3) is 0 Å². The van der Waals surface area contributed by atoms with E-state index in [4.69, 9.17) is 17.3 Å². The zero-order valence-electron chi connectivity index (χ0n) is 10.1. The Morgan fingerprint density at radius 3 is 2.79 bits per heavy atom. The molecule has 2 rings (SSSR count). The number of carbonyl (C=O) groups is 1. The fourth-order valence-corrected chi connectivity index (χ4v) is 1.93. The summed E-state index contributed by atoms with van der Waals surface area (Å²) < 4.78 is 0.816. The highest BCUT2D eigenvalue weighted by atomic mass is 79.9. The summed E-state index contributed by atoms with van der Waals surface area (Å²) in [7, 11) is 0. The Balaban J connectivity index is 2.24. The molecule has 0 radical (unpaired) electrons. The van der Waals surface area contributed by atoms with E-state index in [1.807, 2.05) is 6.92 Å². The summed E-state index contributed by atoms with van der Waals surface area (Å²) >= 11 is 9.20. The van der Waals surface area contributed by atoms with Crippen LogP contribution in [0.4, 0.5) is 11.4 Å². The second kappa shape index (κ2) is 5.59. The van der Waals surface area contributed by atoms with Gasteiger partial charge in [-0.25, -0.2) is 4.98 Å². The van der Waals surface area contributed by atoms with Crippen LogP contribution in [0.2, 0.25) is 5.02 Å². The smallest absolute Gasteiger partial charge is 0.274 e. The number of hydrogen-bond donors (Lipinski definition) is 2. The maximum Gasteiger partial charge on any atom is 0.274 e. The molecule has 6 heteroatoms. The number of nitrogens with two attached hydrogens (primary N) is 1. The summed E-state index contributed by atoms with van der Waals surface area (Å²) in [6.07, 6.45) is 1.57. The number of hydrogen-bond acceptors (Lipinski definition) is 3. The molecule has 3 N–H and O–H groups in total. The number of nitrogens with one attached hydrogen (secondary N) is 1. The molecule has 19 heavy (non-hydrogen) atoms. The van der Waals surface area contributed by atoms with E-state index in [-0.39, 0.29) is 5.91 Å². The van der Waals surface area contributed by atoms with E-state index in [0.29, 0.717) is 22.1 Å². The van der Waals surface area contributed by atoms with Crippen molar-refractivity contribution in [3.05, 3.63) is 51.2 Å². The Labute approximate surface area is 124 Å². The van der Waals surface area contributed by atoms with E-state index in [9.17, 15) is 4.79 Å². The largest absolute Gasteiger partial charge is 0.398 e. The molecule has 4 nitrogen and oxygen atoms in total. The Morgan fingerprint density at radius 2 is 2.16 bits per heavy atom. The molecule has 1 heterocycles. The number of nitrogens with zero attached hydrogens (tertiary/aromatic N) is 1. The minimum atomic E-state index is -0.295. The first kappa shape index (κ1) is 13.8. The van der Waals surface area contributed by atoms with E-state index in [1.54, 1.807) is 30.5 Å². The van der Waals surface area contributed by atoms with Gasteiger partial charge in [0, 0.05) is 16.4 Å². The van der Waals surface area contributed by atoms with Crippen LogP contribution < -0.4 is 11.1 Å². The molecule has 0 aliphatic carbocycles. The average molecular weight is 341 g/mol. The van der Waals surface area contributed by atoms with Crippen molar-refractivity contribution < 1.29 is 4.79 Å². The monoisotopic (exact) mass is 339 g/mol. The van der Waals surface area contributed by atoms with Crippen LogP contribution in [-0.4, -0.2) is 10.9 Å². The number of anilines is 2. The third kappa shape index (κ3) is 3.24. The highest BCUT2D eigenvalue weighted by molar-refractivity contribution is 9.10. The molecule has 1 aromatic heterocycles. The van der Waals surface area contributed by atoms with Crippen molar-refractivity contribution in [3.8, 4) is 0 Å². The van der Waals surface area contributed by atoms with Gasteiger partial charge in [0.05, 0.1) is 10.7 Å². The van der Waals surface area contributed by atoms with Crippen LogP contribution in [0, 0.1) is 6.92 Å². The summed E-state index contributed by atoms with van der Waals surface area (Å²) in [5, 5.41) is 3.16. The molecule has 1 aromatic carbocycles. The van der Waals surface area contributed by atoms with Crippen molar-refractivity contribution in [3.63, 3.8) is 0 Å². The molecule has 0 fully saturated rings. The van der Waals surface area contributed by atoms with E-state index in [2.05, 4.69) is 26.2 Å². The first-order valence-corrected chi connectivity index (χ1v) is 6.63. The van der Waals surface area contributed by atoms with Gasteiger partial charge >= 0.3 is 0 Å². The third-order valence-electron chi connectivity index (χ3n) is 2.55. The van der Waals surface area contributed by atoms with E-state index in [0.717, 1.165) is 10.0 Å². The number of rotatable bonds is 2. The van der Waals surface area contributed by atoms with Crippen LogP contribution in [0.5, 0.6) is 0 Å². The quantitative estimate of drug-likeness (QED) is 0.820. The summed E-state index contributed by atoms with van der Waals surface area (Å²) in [5.41, 5.74) is 7.96. The van der Waals surface area contributed by atoms with Crippen LogP contribution >= 0.6 is 27.5 Å². The lowest BCUT2D eigenvalue weighted by molar-refractivity contribution is 0.102. The lowest BCUT2D eigenvalue weighted by Crippen LogP contribution is -2.14. The van der Waals surface area contributed by atoms with Gasteiger partial charge in [0.2, 0.25) is 0 Å². The zero-order chi connectivity index (χ0) is 14.0. The van der Waals surface area contributed by atoms with E-state index >= 15 is 0 Å². The molecule has 0 atom stereocenters. The van der Waals surface area contributed by atoms with Gasteiger partial charge in [-0.2, -0.15) is 0 Å². The van der Waals surface area contributed by atoms with Crippen molar-refractivity contribution in [1.82, 2.24) is 4.98 Å². The van der Waals surface area contributed by atoms with Gasteiger partial charge in [-0.3, -0.25) is 4.79 Å².